The van der Waals surface area contributed by atoms with Crippen molar-refractivity contribution in [1.82, 2.24) is 4.90 Å². The normalized spacial score (nSPS) is 24.6. The number of amides is 1. The summed E-state index contributed by atoms with van der Waals surface area (Å²) in [6, 6.07) is 8.31. The summed E-state index contributed by atoms with van der Waals surface area (Å²) in [5, 5.41) is 0. The first-order valence-electron chi connectivity index (χ1n) is 9.02. The molecular weight excluding hydrogens is 315 g/mol. The number of carbonyl (C=O) groups excluding carboxylic acids is 1. The van der Waals surface area contributed by atoms with Gasteiger partial charge in [0.2, 0.25) is 5.91 Å². The molecule has 2 aliphatic heterocycles. The van der Waals surface area contributed by atoms with E-state index in [0.717, 1.165) is 30.7 Å². The number of hydrogen-bond donors (Lipinski definition) is 0. The maximum absolute atomic E-state index is 12.2. The predicted molar refractivity (Wildman–Crippen MR) is 101 cm³/mol. The van der Waals surface area contributed by atoms with E-state index in [0.29, 0.717) is 0 Å². The summed E-state index contributed by atoms with van der Waals surface area (Å²) in [5.74, 6) is 0.292. The summed E-state index contributed by atoms with van der Waals surface area (Å²) in [6.07, 6.45) is 0.901. The van der Waals surface area contributed by atoms with E-state index in [2.05, 4.69) is 44.7 Å². The summed E-state index contributed by atoms with van der Waals surface area (Å²) in [6.45, 7) is 9.92. The number of hydrogen-bond acceptors (Lipinski definition) is 4. The number of rotatable bonds is 3. The Kier molecular flexibility index (Phi) is 4.62. The van der Waals surface area contributed by atoms with Gasteiger partial charge >= 0.3 is 7.12 Å². The standard InChI is InChI=1S/C19H29BN2O3/c1-18(2)19(3,4)25-20(24-18)15-8-7-9-16(12-15)22-11-10-14(13-22)17(23)21(5)6/h7-9,12,14H,10-11,13H2,1-6H3. The van der Waals surface area contributed by atoms with E-state index < -0.39 is 0 Å². The number of anilines is 1. The van der Waals surface area contributed by atoms with Crippen molar-refractivity contribution in [3.8, 4) is 0 Å². The quantitative estimate of drug-likeness (QED) is 0.786. The van der Waals surface area contributed by atoms with Gasteiger partial charge in [-0.05, 0) is 51.7 Å². The van der Waals surface area contributed by atoms with E-state index in [4.69, 9.17) is 9.31 Å². The van der Waals surface area contributed by atoms with Gasteiger partial charge in [0.25, 0.3) is 0 Å². The molecule has 5 nitrogen and oxygen atoms in total. The second-order valence-corrected chi connectivity index (χ2v) is 8.35. The Balaban J connectivity index is 1.74. The van der Waals surface area contributed by atoms with Gasteiger partial charge in [0.1, 0.15) is 0 Å². The van der Waals surface area contributed by atoms with Crippen LogP contribution in [0, 0.1) is 5.92 Å². The van der Waals surface area contributed by atoms with Gasteiger partial charge < -0.3 is 19.1 Å². The molecule has 0 bridgehead atoms. The van der Waals surface area contributed by atoms with Crippen LogP contribution >= 0.6 is 0 Å². The molecule has 136 valence electrons. The van der Waals surface area contributed by atoms with E-state index >= 15 is 0 Å². The maximum atomic E-state index is 12.2. The minimum atomic E-state index is -0.355. The fourth-order valence-electron chi connectivity index (χ4n) is 3.41. The summed E-state index contributed by atoms with van der Waals surface area (Å²) in [5.41, 5.74) is 1.47. The minimum Gasteiger partial charge on any atom is -0.399 e. The van der Waals surface area contributed by atoms with Gasteiger partial charge in [0, 0.05) is 32.9 Å². The maximum Gasteiger partial charge on any atom is 0.494 e. The van der Waals surface area contributed by atoms with E-state index in [9.17, 15) is 4.79 Å². The molecule has 0 radical (unpaired) electrons. The number of benzene rings is 1. The van der Waals surface area contributed by atoms with Crippen LogP contribution in [0.1, 0.15) is 34.1 Å². The Morgan fingerprint density at radius 1 is 1.20 bits per heavy atom. The first kappa shape index (κ1) is 18.3. The Hall–Kier alpha value is -1.53. The van der Waals surface area contributed by atoms with Gasteiger partial charge in [0.05, 0.1) is 17.1 Å². The summed E-state index contributed by atoms with van der Waals surface area (Å²) in [4.78, 5) is 16.2. The molecule has 2 aliphatic rings. The van der Waals surface area contributed by atoms with Crippen LogP contribution in [0.4, 0.5) is 5.69 Å². The molecule has 6 heteroatoms. The van der Waals surface area contributed by atoms with Gasteiger partial charge in [-0.1, -0.05) is 12.1 Å². The van der Waals surface area contributed by atoms with Crippen LogP contribution < -0.4 is 10.4 Å². The van der Waals surface area contributed by atoms with E-state index in [1.54, 1.807) is 4.90 Å². The third-order valence-corrected chi connectivity index (χ3v) is 5.74. The highest BCUT2D eigenvalue weighted by molar-refractivity contribution is 6.62. The first-order chi connectivity index (χ1) is 11.6. The zero-order valence-electron chi connectivity index (χ0n) is 16.2. The lowest BCUT2D eigenvalue weighted by Crippen LogP contribution is -2.41. The van der Waals surface area contributed by atoms with Crippen LogP contribution in [0.5, 0.6) is 0 Å². The predicted octanol–water partition coefficient (Wildman–Crippen LogP) is 1.90. The monoisotopic (exact) mass is 344 g/mol. The fourth-order valence-corrected chi connectivity index (χ4v) is 3.41. The van der Waals surface area contributed by atoms with Gasteiger partial charge in [-0.2, -0.15) is 0 Å². The van der Waals surface area contributed by atoms with Crippen molar-refractivity contribution >= 4 is 24.2 Å². The van der Waals surface area contributed by atoms with Crippen LogP contribution in [-0.2, 0) is 14.1 Å². The second kappa shape index (κ2) is 6.33. The summed E-state index contributed by atoms with van der Waals surface area (Å²) >= 11 is 0. The molecule has 0 N–H and O–H groups in total. The molecule has 25 heavy (non-hydrogen) atoms. The molecule has 1 aromatic rings. The zero-order chi connectivity index (χ0) is 18.4. The molecule has 2 fully saturated rings. The molecule has 1 aromatic carbocycles. The molecule has 0 saturated carbocycles. The van der Waals surface area contributed by atoms with Crippen molar-refractivity contribution in [3.05, 3.63) is 24.3 Å². The Morgan fingerprint density at radius 2 is 1.84 bits per heavy atom. The largest absolute Gasteiger partial charge is 0.494 e. The Morgan fingerprint density at radius 3 is 2.44 bits per heavy atom. The van der Waals surface area contributed by atoms with Gasteiger partial charge in [-0.15, -0.1) is 0 Å². The highest BCUT2D eigenvalue weighted by Gasteiger charge is 2.51. The highest BCUT2D eigenvalue weighted by Crippen LogP contribution is 2.36. The van der Waals surface area contributed by atoms with Crippen LogP contribution in [0.2, 0.25) is 0 Å². The second-order valence-electron chi connectivity index (χ2n) is 8.35. The number of carbonyl (C=O) groups is 1. The molecule has 2 heterocycles. The molecule has 3 rings (SSSR count). The van der Waals surface area contributed by atoms with Crippen molar-refractivity contribution in [3.63, 3.8) is 0 Å². The van der Waals surface area contributed by atoms with Crippen molar-refractivity contribution in [2.75, 3.05) is 32.1 Å². The molecule has 1 unspecified atom stereocenters. The van der Waals surface area contributed by atoms with Crippen LogP contribution in [0.15, 0.2) is 24.3 Å². The average Bonchev–Trinajstić information content (AvgIpc) is 3.10. The van der Waals surface area contributed by atoms with Crippen LogP contribution in [-0.4, -0.2) is 56.3 Å². The SMILES string of the molecule is CN(C)C(=O)C1CCN(c2cccc(B3OC(C)(C)C(C)(C)O3)c2)C1. The smallest absolute Gasteiger partial charge is 0.399 e. The fraction of sp³-hybridized carbons (Fsp3) is 0.632. The van der Waals surface area contributed by atoms with Crippen molar-refractivity contribution in [2.45, 2.75) is 45.3 Å². The molecule has 1 amide bonds. The first-order valence-corrected chi connectivity index (χ1v) is 9.02. The van der Waals surface area contributed by atoms with Crippen molar-refractivity contribution in [1.29, 1.82) is 0 Å². The van der Waals surface area contributed by atoms with E-state index in [1.807, 2.05) is 26.2 Å². The third-order valence-electron chi connectivity index (χ3n) is 5.74. The lowest BCUT2D eigenvalue weighted by atomic mass is 9.79. The van der Waals surface area contributed by atoms with Gasteiger partial charge in [-0.25, -0.2) is 0 Å². The Bertz CT molecular complexity index is 644. The average molecular weight is 344 g/mol. The molecule has 0 spiro atoms. The summed E-state index contributed by atoms with van der Waals surface area (Å²) in [7, 11) is 3.29. The van der Waals surface area contributed by atoms with Crippen LogP contribution in [0.3, 0.4) is 0 Å². The van der Waals surface area contributed by atoms with Gasteiger partial charge in [0.15, 0.2) is 0 Å². The van der Waals surface area contributed by atoms with Crippen molar-refractivity contribution < 1.29 is 14.1 Å². The minimum absolute atomic E-state index is 0.0792. The molecule has 0 aliphatic carbocycles. The summed E-state index contributed by atoms with van der Waals surface area (Å²) < 4.78 is 12.3. The lowest BCUT2D eigenvalue weighted by Gasteiger charge is -2.32. The highest BCUT2D eigenvalue weighted by atomic mass is 16.7. The molecular formula is C19H29BN2O3. The zero-order valence-corrected chi connectivity index (χ0v) is 16.2. The van der Waals surface area contributed by atoms with Gasteiger partial charge in [-0.3, -0.25) is 4.79 Å². The van der Waals surface area contributed by atoms with Crippen molar-refractivity contribution in [2.24, 2.45) is 5.92 Å². The Labute approximate surface area is 151 Å². The van der Waals surface area contributed by atoms with E-state index in [1.165, 1.54) is 0 Å². The van der Waals surface area contributed by atoms with Crippen LogP contribution in [0.25, 0.3) is 0 Å². The topological polar surface area (TPSA) is 42.0 Å². The van der Waals surface area contributed by atoms with E-state index in [-0.39, 0.29) is 30.1 Å². The number of nitrogens with zero attached hydrogens (tertiary/aromatic N) is 2. The third kappa shape index (κ3) is 3.42. The molecule has 2 saturated heterocycles. The lowest BCUT2D eigenvalue weighted by molar-refractivity contribution is -0.132. The molecule has 1 atom stereocenters. The molecule has 0 aromatic heterocycles.